The van der Waals surface area contributed by atoms with E-state index in [9.17, 15) is 9.59 Å². The number of nitrogens with zero attached hydrogens (tertiary/aromatic N) is 1. The Morgan fingerprint density at radius 2 is 1.85 bits per heavy atom. The number of carbonyl (C=O) groups excluding carboxylic acids is 2. The Bertz CT molecular complexity index is 616. The van der Waals surface area contributed by atoms with Crippen LogP contribution in [0.3, 0.4) is 0 Å². The number of hydrogen-bond donors (Lipinski definition) is 2. The third-order valence-corrected chi connectivity index (χ3v) is 5.00. The SMILES string of the molecule is CC1CN(C(=O)c2ccc(CNC(=O)C3CCCCN3)cc2)CC(C)O1. The standard InChI is InChI=1S/C20H29N3O3/c1-14-12-23(13-15(2)26-14)20(25)17-8-6-16(7-9-17)11-22-19(24)18-5-3-4-10-21-18/h6-9,14-15,18,21H,3-5,10-13H2,1-2H3,(H,22,24). The summed E-state index contributed by atoms with van der Waals surface area (Å²) in [6.07, 6.45) is 3.26. The summed E-state index contributed by atoms with van der Waals surface area (Å²) in [7, 11) is 0. The van der Waals surface area contributed by atoms with Crippen LogP contribution in [-0.4, -0.2) is 54.6 Å². The Kier molecular flexibility index (Phi) is 6.27. The second kappa shape index (κ2) is 8.64. The van der Waals surface area contributed by atoms with Crippen LogP contribution >= 0.6 is 0 Å². The molecule has 0 aliphatic carbocycles. The lowest BCUT2D eigenvalue weighted by molar-refractivity contribution is -0.123. The molecule has 2 aliphatic rings. The van der Waals surface area contributed by atoms with Gasteiger partial charge in [-0.1, -0.05) is 18.6 Å². The predicted octanol–water partition coefficient (Wildman–Crippen LogP) is 1.69. The fraction of sp³-hybridized carbons (Fsp3) is 0.600. The van der Waals surface area contributed by atoms with Gasteiger partial charge in [0.15, 0.2) is 0 Å². The highest BCUT2D eigenvalue weighted by Crippen LogP contribution is 2.15. The van der Waals surface area contributed by atoms with Gasteiger partial charge in [0.2, 0.25) is 5.91 Å². The number of benzene rings is 1. The normalized spacial score (nSPS) is 26.4. The molecule has 3 rings (SSSR count). The lowest BCUT2D eigenvalue weighted by Crippen LogP contribution is -2.48. The van der Waals surface area contributed by atoms with E-state index < -0.39 is 0 Å². The van der Waals surface area contributed by atoms with E-state index in [-0.39, 0.29) is 30.1 Å². The largest absolute Gasteiger partial charge is 0.372 e. The van der Waals surface area contributed by atoms with Crippen LogP contribution in [0.2, 0.25) is 0 Å². The Morgan fingerprint density at radius 1 is 1.15 bits per heavy atom. The minimum absolute atomic E-state index is 0.0361. The third kappa shape index (κ3) is 4.83. The topological polar surface area (TPSA) is 70.7 Å². The maximum Gasteiger partial charge on any atom is 0.254 e. The molecule has 2 N–H and O–H groups in total. The molecule has 2 fully saturated rings. The Balaban J connectivity index is 1.53. The number of nitrogens with one attached hydrogen (secondary N) is 2. The second-order valence-electron chi connectivity index (χ2n) is 7.38. The first-order valence-electron chi connectivity index (χ1n) is 9.57. The minimum atomic E-state index is -0.0742. The van der Waals surface area contributed by atoms with E-state index in [2.05, 4.69) is 10.6 Å². The summed E-state index contributed by atoms with van der Waals surface area (Å²) in [4.78, 5) is 26.7. The van der Waals surface area contributed by atoms with Crippen LogP contribution in [0.25, 0.3) is 0 Å². The number of rotatable bonds is 4. The maximum absolute atomic E-state index is 12.7. The van der Waals surface area contributed by atoms with Crippen molar-refractivity contribution in [2.75, 3.05) is 19.6 Å². The average Bonchev–Trinajstić information content (AvgIpc) is 2.66. The van der Waals surface area contributed by atoms with Gasteiger partial charge in [-0.05, 0) is 50.9 Å². The van der Waals surface area contributed by atoms with Crippen LogP contribution in [0, 0.1) is 0 Å². The van der Waals surface area contributed by atoms with Gasteiger partial charge in [0.25, 0.3) is 5.91 Å². The average molecular weight is 359 g/mol. The van der Waals surface area contributed by atoms with Crippen LogP contribution in [-0.2, 0) is 16.1 Å². The van der Waals surface area contributed by atoms with Crippen molar-refractivity contribution in [1.82, 2.24) is 15.5 Å². The van der Waals surface area contributed by atoms with Crippen LogP contribution in [0.15, 0.2) is 24.3 Å². The lowest BCUT2D eigenvalue weighted by Gasteiger charge is -2.35. The van der Waals surface area contributed by atoms with Crippen LogP contribution in [0.4, 0.5) is 0 Å². The molecule has 2 amide bonds. The molecule has 1 aromatic rings. The summed E-state index contributed by atoms with van der Waals surface area (Å²) >= 11 is 0. The molecule has 0 saturated carbocycles. The van der Waals surface area contributed by atoms with Gasteiger partial charge in [0.1, 0.15) is 0 Å². The van der Waals surface area contributed by atoms with Crippen molar-refractivity contribution in [3.8, 4) is 0 Å². The molecule has 0 radical (unpaired) electrons. The highest BCUT2D eigenvalue weighted by atomic mass is 16.5. The zero-order valence-corrected chi connectivity index (χ0v) is 15.7. The number of amides is 2. The highest BCUT2D eigenvalue weighted by molar-refractivity contribution is 5.94. The molecule has 142 valence electrons. The third-order valence-electron chi connectivity index (χ3n) is 5.00. The van der Waals surface area contributed by atoms with E-state index >= 15 is 0 Å². The molecule has 26 heavy (non-hydrogen) atoms. The molecule has 1 aromatic carbocycles. The first-order valence-corrected chi connectivity index (χ1v) is 9.57. The van der Waals surface area contributed by atoms with Gasteiger partial charge in [0.05, 0.1) is 18.2 Å². The first kappa shape index (κ1) is 18.9. The Labute approximate surface area is 155 Å². The van der Waals surface area contributed by atoms with Gasteiger partial charge in [-0.2, -0.15) is 0 Å². The van der Waals surface area contributed by atoms with Gasteiger partial charge in [0, 0.05) is 25.2 Å². The second-order valence-corrected chi connectivity index (χ2v) is 7.38. The van der Waals surface area contributed by atoms with Crippen molar-refractivity contribution in [1.29, 1.82) is 0 Å². The van der Waals surface area contributed by atoms with Crippen molar-refractivity contribution < 1.29 is 14.3 Å². The molecule has 3 atom stereocenters. The number of carbonyl (C=O) groups is 2. The van der Waals surface area contributed by atoms with Crippen molar-refractivity contribution in [3.63, 3.8) is 0 Å². The molecule has 3 unspecified atom stereocenters. The van der Waals surface area contributed by atoms with Crippen LogP contribution in [0.5, 0.6) is 0 Å². The van der Waals surface area contributed by atoms with Crippen molar-refractivity contribution in [2.45, 2.75) is 57.9 Å². The summed E-state index contributed by atoms with van der Waals surface area (Å²) < 4.78 is 5.69. The summed E-state index contributed by atoms with van der Waals surface area (Å²) in [5, 5.41) is 6.23. The van der Waals surface area contributed by atoms with E-state index in [4.69, 9.17) is 4.74 Å². The quantitative estimate of drug-likeness (QED) is 0.858. The van der Waals surface area contributed by atoms with Crippen molar-refractivity contribution >= 4 is 11.8 Å². The highest BCUT2D eigenvalue weighted by Gasteiger charge is 2.26. The molecule has 6 heteroatoms. The van der Waals surface area contributed by atoms with Crippen molar-refractivity contribution in [2.24, 2.45) is 0 Å². The Morgan fingerprint density at radius 3 is 2.46 bits per heavy atom. The molecule has 0 spiro atoms. The van der Waals surface area contributed by atoms with Gasteiger partial charge in [-0.15, -0.1) is 0 Å². The van der Waals surface area contributed by atoms with Crippen LogP contribution in [0.1, 0.15) is 49.0 Å². The Hall–Kier alpha value is -1.92. The molecule has 0 bridgehead atoms. The first-order chi connectivity index (χ1) is 12.5. The molecule has 2 saturated heterocycles. The van der Waals surface area contributed by atoms with E-state index in [0.29, 0.717) is 25.2 Å². The summed E-state index contributed by atoms with van der Waals surface area (Å²) in [6.45, 7) is 6.61. The summed E-state index contributed by atoms with van der Waals surface area (Å²) in [6, 6.07) is 7.43. The zero-order chi connectivity index (χ0) is 18.5. The molecule has 2 aliphatic heterocycles. The predicted molar refractivity (Wildman–Crippen MR) is 99.8 cm³/mol. The lowest BCUT2D eigenvalue weighted by atomic mass is 10.0. The fourth-order valence-electron chi connectivity index (χ4n) is 3.68. The monoisotopic (exact) mass is 359 g/mol. The van der Waals surface area contributed by atoms with E-state index in [1.165, 1.54) is 0 Å². The number of piperidine rings is 1. The van der Waals surface area contributed by atoms with Crippen LogP contribution < -0.4 is 10.6 Å². The molecule has 6 nitrogen and oxygen atoms in total. The van der Waals surface area contributed by atoms with Gasteiger partial charge < -0.3 is 20.3 Å². The van der Waals surface area contributed by atoms with E-state index in [1.54, 1.807) is 0 Å². The van der Waals surface area contributed by atoms with Gasteiger partial charge in [-0.3, -0.25) is 9.59 Å². The summed E-state index contributed by atoms with van der Waals surface area (Å²) in [5.74, 6) is 0.0927. The maximum atomic E-state index is 12.7. The van der Waals surface area contributed by atoms with E-state index in [0.717, 1.165) is 31.4 Å². The van der Waals surface area contributed by atoms with Crippen molar-refractivity contribution in [3.05, 3.63) is 35.4 Å². The number of hydrogen-bond acceptors (Lipinski definition) is 4. The molecule has 0 aromatic heterocycles. The minimum Gasteiger partial charge on any atom is -0.372 e. The zero-order valence-electron chi connectivity index (χ0n) is 15.7. The van der Waals surface area contributed by atoms with E-state index in [1.807, 2.05) is 43.0 Å². The van der Waals surface area contributed by atoms with Gasteiger partial charge in [-0.25, -0.2) is 0 Å². The fourth-order valence-corrected chi connectivity index (χ4v) is 3.68. The number of ether oxygens (including phenoxy) is 1. The number of morpholine rings is 1. The van der Waals surface area contributed by atoms with Gasteiger partial charge >= 0.3 is 0 Å². The molecular formula is C20H29N3O3. The summed E-state index contributed by atoms with van der Waals surface area (Å²) in [5.41, 5.74) is 1.67. The smallest absolute Gasteiger partial charge is 0.254 e. The molecular weight excluding hydrogens is 330 g/mol. The molecule has 2 heterocycles.